The summed E-state index contributed by atoms with van der Waals surface area (Å²) in [6.45, 7) is 1.55. The number of rotatable bonds is 10. The fraction of sp³-hybridized carbons (Fsp3) is 0.355. The summed E-state index contributed by atoms with van der Waals surface area (Å²) in [6, 6.07) is 13.5. The Morgan fingerprint density at radius 3 is 2.26 bits per heavy atom. The molecule has 4 rings (SSSR count). The Morgan fingerprint density at radius 2 is 1.70 bits per heavy atom. The van der Waals surface area contributed by atoms with Crippen molar-refractivity contribution in [3.63, 3.8) is 0 Å². The lowest BCUT2D eigenvalue weighted by Crippen LogP contribution is -2.34. The van der Waals surface area contributed by atoms with Crippen molar-refractivity contribution in [2.45, 2.75) is 38.5 Å². The molecule has 1 unspecified atom stereocenters. The highest BCUT2D eigenvalue weighted by molar-refractivity contribution is 7.90. The van der Waals surface area contributed by atoms with Crippen LogP contribution in [0.4, 0.5) is 32.2 Å². The van der Waals surface area contributed by atoms with Crippen LogP contribution in [0.15, 0.2) is 54.7 Å². The molecule has 19 heteroatoms. The molecule has 0 saturated carbocycles. The van der Waals surface area contributed by atoms with E-state index in [2.05, 4.69) is 14.7 Å². The van der Waals surface area contributed by atoms with Crippen molar-refractivity contribution in [3.8, 4) is 6.07 Å². The van der Waals surface area contributed by atoms with E-state index >= 15 is 0 Å². The Balaban J connectivity index is 0.000000436. The van der Waals surface area contributed by atoms with E-state index in [1.54, 1.807) is 36.4 Å². The third-order valence-corrected chi connectivity index (χ3v) is 8.30. The zero-order valence-corrected chi connectivity index (χ0v) is 26.9. The fourth-order valence-corrected chi connectivity index (χ4v) is 5.86. The number of pyridine rings is 2. The number of aryl methyl sites for hydroxylation is 1. The number of aromatic carboxylic acids is 1. The number of aromatic nitrogens is 2. The number of nitriles is 1. The fourth-order valence-electron chi connectivity index (χ4n) is 4.83. The number of carboxylic acids is 1. The molecule has 3 heterocycles. The molecule has 50 heavy (non-hydrogen) atoms. The van der Waals surface area contributed by atoms with E-state index in [9.17, 15) is 54.4 Å². The second-order valence-electron chi connectivity index (χ2n) is 10.7. The van der Waals surface area contributed by atoms with E-state index in [-0.39, 0.29) is 55.6 Å². The van der Waals surface area contributed by atoms with E-state index in [4.69, 9.17) is 5.11 Å². The number of carbonyl (C=O) groups excluding carboxylic acids is 2. The van der Waals surface area contributed by atoms with Crippen LogP contribution in [0.5, 0.6) is 0 Å². The Bertz CT molecular complexity index is 1850. The molecule has 0 spiro atoms. The number of hydrogen-bond donors (Lipinski definition) is 2. The molecular weight excluding hydrogens is 700 g/mol. The zero-order valence-electron chi connectivity index (χ0n) is 26.1. The van der Waals surface area contributed by atoms with Gasteiger partial charge in [-0.25, -0.2) is 23.0 Å². The minimum Gasteiger partial charge on any atom is -0.478 e. The van der Waals surface area contributed by atoms with Crippen molar-refractivity contribution in [3.05, 3.63) is 88.4 Å². The van der Waals surface area contributed by atoms with Crippen LogP contribution in [0, 0.1) is 17.2 Å². The molecule has 0 aliphatic carbocycles. The Morgan fingerprint density at radius 1 is 1.04 bits per heavy atom. The molecule has 0 bridgehead atoms. The standard InChI is InChI=1S/C24H25F3N4O5S.C7H4F3NO2/c1-2-36-23(33)19-13-18(14-28)22(29-21(19)24(25,26)27)31-10-8-17(15-31)12-20(32)30-37(34,35)11-9-16-6-4-3-5-7-16;8-7(9,10)5-4(6(12)13)2-1-3-11-5/h3-7,13,17H,2,8-12,15H2,1H3,(H,30,32);1-3H,(H,12,13). The normalized spacial score (nSPS) is 14.6. The Kier molecular flexibility index (Phi) is 12.9. The van der Waals surface area contributed by atoms with Gasteiger partial charge in [-0.2, -0.15) is 31.6 Å². The first kappa shape index (κ1) is 39.2. The number of hydrogen-bond acceptors (Lipinski definition) is 10. The summed E-state index contributed by atoms with van der Waals surface area (Å²) in [5.74, 6) is -4.52. The maximum Gasteiger partial charge on any atom is 0.434 e. The van der Waals surface area contributed by atoms with Crippen molar-refractivity contribution < 1.29 is 59.0 Å². The van der Waals surface area contributed by atoms with Gasteiger partial charge in [0.2, 0.25) is 15.9 Å². The average molecular weight is 730 g/mol. The summed E-state index contributed by atoms with van der Waals surface area (Å²) >= 11 is 0. The number of ether oxygens (including phenoxy) is 1. The lowest BCUT2D eigenvalue weighted by atomic mass is 10.1. The highest BCUT2D eigenvalue weighted by Gasteiger charge is 2.40. The van der Waals surface area contributed by atoms with E-state index < -0.39 is 62.7 Å². The Labute approximate surface area is 281 Å². The maximum atomic E-state index is 13.6. The molecule has 1 amide bonds. The molecule has 1 aromatic carbocycles. The number of halogens is 6. The molecule has 1 saturated heterocycles. The first-order valence-corrected chi connectivity index (χ1v) is 16.3. The third kappa shape index (κ3) is 10.9. The zero-order chi connectivity index (χ0) is 37.3. The number of amides is 1. The van der Waals surface area contributed by atoms with Crippen LogP contribution in [-0.4, -0.2) is 66.8 Å². The van der Waals surface area contributed by atoms with Gasteiger partial charge in [-0.3, -0.25) is 14.5 Å². The molecule has 3 aromatic rings. The summed E-state index contributed by atoms with van der Waals surface area (Å²) < 4.78 is 108. The van der Waals surface area contributed by atoms with Crippen LogP contribution in [0.25, 0.3) is 0 Å². The molecule has 0 radical (unpaired) electrons. The summed E-state index contributed by atoms with van der Waals surface area (Å²) in [7, 11) is -3.87. The van der Waals surface area contributed by atoms with Crippen LogP contribution in [0.2, 0.25) is 0 Å². The van der Waals surface area contributed by atoms with E-state index in [0.29, 0.717) is 6.42 Å². The van der Waals surface area contributed by atoms with Gasteiger partial charge in [0, 0.05) is 25.7 Å². The second kappa shape index (κ2) is 16.4. The van der Waals surface area contributed by atoms with Gasteiger partial charge in [0.1, 0.15) is 11.9 Å². The van der Waals surface area contributed by atoms with Crippen molar-refractivity contribution in [2.24, 2.45) is 5.92 Å². The van der Waals surface area contributed by atoms with Gasteiger partial charge >= 0.3 is 24.3 Å². The molecule has 2 N–H and O–H groups in total. The molecule has 1 fully saturated rings. The number of nitrogens with zero attached hydrogens (tertiary/aromatic N) is 4. The number of alkyl halides is 6. The lowest BCUT2D eigenvalue weighted by molar-refractivity contribution is -0.142. The van der Waals surface area contributed by atoms with Crippen LogP contribution in [0.1, 0.15) is 63.0 Å². The highest BCUT2D eigenvalue weighted by atomic mass is 32.2. The van der Waals surface area contributed by atoms with Gasteiger partial charge in [0.15, 0.2) is 11.4 Å². The predicted molar refractivity (Wildman–Crippen MR) is 163 cm³/mol. The molecule has 1 aliphatic rings. The average Bonchev–Trinajstić information content (AvgIpc) is 3.51. The van der Waals surface area contributed by atoms with E-state index in [0.717, 1.165) is 30.0 Å². The van der Waals surface area contributed by atoms with Crippen LogP contribution < -0.4 is 9.62 Å². The van der Waals surface area contributed by atoms with Gasteiger partial charge in [0.05, 0.1) is 29.1 Å². The summed E-state index contributed by atoms with van der Waals surface area (Å²) in [6.07, 6.45) is -8.38. The van der Waals surface area contributed by atoms with Gasteiger partial charge in [-0.15, -0.1) is 0 Å². The van der Waals surface area contributed by atoms with Gasteiger partial charge in [0.25, 0.3) is 0 Å². The summed E-state index contributed by atoms with van der Waals surface area (Å²) in [5, 5.41) is 17.9. The van der Waals surface area contributed by atoms with Crippen LogP contribution >= 0.6 is 0 Å². The highest BCUT2D eigenvalue weighted by Crippen LogP contribution is 2.36. The van der Waals surface area contributed by atoms with Crippen molar-refractivity contribution in [1.82, 2.24) is 14.7 Å². The number of carboxylic acid groups (broad SMARTS) is 1. The van der Waals surface area contributed by atoms with Gasteiger partial charge in [-0.05, 0) is 49.4 Å². The van der Waals surface area contributed by atoms with Crippen molar-refractivity contribution in [2.75, 3.05) is 30.3 Å². The molecular formula is C31H29F6N5O7S. The molecule has 12 nitrogen and oxygen atoms in total. The largest absolute Gasteiger partial charge is 0.478 e. The van der Waals surface area contributed by atoms with E-state index in [1.165, 1.54) is 11.8 Å². The number of esters is 1. The van der Waals surface area contributed by atoms with E-state index in [1.807, 2.05) is 4.72 Å². The lowest BCUT2D eigenvalue weighted by Gasteiger charge is -2.21. The summed E-state index contributed by atoms with van der Waals surface area (Å²) in [5.41, 5.74) is -3.97. The minimum absolute atomic E-state index is 0.0786. The van der Waals surface area contributed by atoms with Crippen molar-refractivity contribution >= 4 is 33.7 Å². The number of benzene rings is 1. The number of anilines is 1. The monoisotopic (exact) mass is 729 g/mol. The summed E-state index contributed by atoms with van der Waals surface area (Å²) in [4.78, 5) is 42.8. The topological polar surface area (TPSA) is 180 Å². The maximum absolute atomic E-state index is 13.6. The van der Waals surface area contributed by atoms with Crippen LogP contribution in [0.3, 0.4) is 0 Å². The first-order valence-electron chi connectivity index (χ1n) is 14.6. The number of sulfonamides is 1. The van der Waals surface area contributed by atoms with Crippen molar-refractivity contribution in [1.29, 1.82) is 5.26 Å². The second-order valence-corrected chi connectivity index (χ2v) is 12.5. The molecule has 1 atom stereocenters. The predicted octanol–water partition coefficient (Wildman–Crippen LogP) is 4.85. The number of carbonyl (C=O) groups is 3. The quantitative estimate of drug-likeness (QED) is 0.215. The molecule has 1 aliphatic heterocycles. The minimum atomic E-state index is -4.97. The first-order chi connectivity index (χ1) is 23.4. The molecule has 268 valence electrons. The smallest absolute Gasteiger partial charge is 0.434 e. The van der Waals surface area contributed by atoms with Gasteiger partial charge < -0.3 is 14.7 Å². The SMILES string of the molecule is CCOC(=O)c1cc(C#N)c(N2CCC(CC(=O)NS(=O)(=O)CCc3ccccc3)C2)nc1C(F)(F)F.O=C(O)c1cccnc1C(F)(F)F. The van der Waals surface area contributed by atoms with Crippen LogP contribution in [-0.2, 0) is 38.3 Å². The van der Waals surface area contributed by atoms with Gasteiger partial charge in [-0.1, -0.05) is 30.3 Å². The molecule has 2 aromatic heterocycles. The number of nitrogens with one attached hydrogen (secondary N) is 1. The third-order valence-electron chi connectivity index (χ3n) is 7.02. The Hall–Kier alpha value is -5.25.